The summed E-state index contributed by atoms with van der Waals surface area (Å²) in [4.78, 5) is 19.6. The van der Waals surface area contributed by atoms with Crippen molar-refractivity contribution in [3.05, 3.63) is 65.7 Å². The average molecular weight is 439 g/mol. The standard InChI is InChI=1S/C23H22N2O5S/c1-31(27,28)14-17-16-6-2-4-8-19(16)29-21(17)23(26)25-12-10-15(11-13-25)22-24-18-7-3-5-9-20(18)30-22/h2-9,15H,10-14H2,1H3. The second-order valence-electron chi connectivity index (χ2n) is 8.06. The number of likely N-dealkylation sites (tertiary alicyclic amines) is 1. The first-order valence-corrected chi connectivity index (χ1v) is 12.3. The van der Waals surface area contributed by atoms with Gasteiger partial charge in [-0.1, -0.05) is 30.3 Å². The highest BCUT2D eigenvalue weighted by Gasteiger charge is 2.31. The van der Waals surface area contributed by atoms with E-state index >= 15 is 0 Å². The third kappa shape index (κ3) is 3.83. The van der Waals surface area contributed by atoms with Gasteiger partial charge in [-0.25, -0.2) is 13.4 Å². The van der Waals surface area contributed by atoms with Gasteiger partial charge < -0.3 is 13.7 Å². The number of carbonyl (C=O) groups excluding carboxylic acids is 1. The second-order valence-corrected chi connectivity index (χ2v) is 10.2. The molecule has 1 aliphatic heterocycles. The van der Waals surface area contributed by atoms with E-state index < -0.39 is 9.84 Å². The lowest BCUT2D eigenvalue weighted by Crippen LogP contribution is -2.38. The fourth-order valence-electron chi connectivity index (χ4n) is 4.21. The Morgan fingerprint density at radius 1 is 1.03 bits per heavy atom. The predicted molar refractivity (Wildman–Crippen MR) is 117 cm³/mol. The number of fused-ring (bicyclic) bond motifs is 2. The van der Waals surface area contributed by atoms with Gasteiger partial charge in [0.2, 0.25) is 0 Å². The van der Waals surface area contributed by atoms with Gasteiger partial charge in [0.15, 0.2) is 27.1 Å². The van der Waals surface area contributed by atoms with E-state index in [1.165, 1.54) is 0 Å². The molecule has 1 amide bonds. The van der Waals surface area contributed by atoms with Gasteiger partial charge >= 0.3 is 0 Å². The molecule has 0 saturated carbocycles. The molecule has 3 heterocycles. The molecule has 2 aromatic heterocycles. The number of furan rings is 1. The van der Waals surface area contributed by atoms with Crippen LogP contribution in [0.4, 0.5) is 0 Å². The number of sulfone groups is 1. The number of benzene rings is 2. The summed E-state index contributed by atoms with van der Waals surface area (Å²) < 4.78 is 35.7. The Hall–Kier alpha value is -3.13. The summed E-state index contributed by atoms with van der Waals surface area (Å²) >= 11 is 0. The van der Waals surface area contributed by atoms with E-state index in [0.29, 0.717) is 35.5 Å². The zero-order valence-corrected chi connectivity index (χ0v) is 17.9. The van der Waals surface area contributed by atoms with Gasteiger partial charge in [-0.2, -0.15) is 0 Å². The summed E-state index contributed by atoms with van der Waals surface area (Å²) in [6.07, 6.45) is 2.61. The second kappa shape index (κ2) is 7.53. The molecule has 1 fully saturated rings. The highest BCUT2D eigenvalue weighted by atomic mass is 32.2. The molecule has 1 saturated heterocycles. The summed E-state index contributed by atoms with van der Waals surface area (Å²) in [6.45, 7) is 1.05. The predicted octanol–water partition coefficient (Wildman–Crippen LogP) is 4.14. The molecule has 0 radical (unpaired) electrons. The monoisotopic (exact) mass is 438 g/mol. The zero-order chi connectivity index (χ0) is 21.6. The number of amides is 1. The first kappa shape index (κ1) is 19.8. The molecule has 2 aromatic carbocycles. The summed E-state index contributed by atoms with van der Waals surface area (Å²) in [5, 5.41) is 0.664. The van der Waals surface area contributed by atoms with E-state index in [4.69, 9.17) is 8.83 Å². The summed E-state index contributed by atoms with van der Waals surface area (Å²) in [5.74, 6) is 0.458. The largest absolute Gasteiger partial charge is 0.451 e. The molecule has 0 unspecified atom stereocenters. The quantitative estimate of drug-likeness (QED) is 0.475. The fraction of sp³-hybridized carbons (Fsp3) is 0.304. The third-order valence-electron chi connectivity index (χ3n) is 5.74. The Kier molecular flexibility index (Phi) is 4.81. The third-order valence-corrected chi connectivity index (χ3v) is 6.55. The Balaban J connectivity index is 1.38. The molecule has 7 nitrogen and oxygen atoms in total. The minimum atomic E-state index is -3.33. The van der Waals surface area contributed by atoms with E-state index in [0.717, 1.165) is 30.2 Å². The van der Waals surface area contributed by atoms with Crippen LogP contribution in [0, 0.1) is 0 Å². The Morgan fingerprint density at radius 2 is 1.71 bits per heavy atom. The summed E-state index contributed by atoms with van der Waals surface area (Å²) in [6, 6.07) is 14.8. The molecule has 4 aromatic rings. The fourth-order valence-corrected chi connectivity index (χ4v) is 5.03. The lowest BCUT2D eigenvalue weighted by Gasteiger charge is -2.30. The van der Waals surface area contributed by atoms with Gasteiger partial charge in [0.1, 0.15) is 11.1 Å². The van der Waals surface area contributed by atoms with E-state index in [2.05, 4.69) is 4.98 Å². The Labute approximate surface area is 179 Å². The molecule has 0 N–H and O–H groups in total. The Bertz CT molecular complexity index is 1340. The molecular formula is C23H22N2O5S. The summed E-state index contributed by atoms with van der Waals surface area (Å²) in [7, 11) is -3.33. The number of nitrogens with zero attached hydrogens (tertiary/aromatic N) is 2. The highest BCUT2D eigenvalue weighted by molar-refractivity contribution is 7.89. The van der Waals surface area contributed by atoms with E-state index in [1.807, 2.05) is 30.3 Å². The van der Waals surface area contributed by atoms with Crippen LogP contribution in [0.1, 0.15) is 40.8 Å². The van der Waals surface area contributed by atoms with Crippen LogP contribution >= 0.6 is 0 Å². The normalized spacial score (nSPS) is 15.7. The van der Waals surface area contributed by atoms with Crippen molar-refractivity contribution in [1.82, 2.24) is 9.88 Å². The van der Waals surface area contributed by atoms with Crippen molar-refractivity contribution in [1.29, 1.82) is 0 Å². The van der Waals surface area contributed by atoms with Crippen LogP contribution in [0.15, 0.2) is 57.4 Å². The van der Waals surface area contributed by atoms with Crippen LogP contribution in [0.3, 0.4) is 0 Å². The van der Waals surface area contributed by atoms with Crippen LogP contribution in [0.5, 0.6) is 0 Å². The van der Waals surface area contributed by atoms with Crippen molar-refractivity contribution >= 4 is 37.8 Å². The van der Waals surface area contributed by atoms with Crippen LogP contribution < -0.4 is 0 Å². The lowest BCUT2D eigenvalue weighted by atomic mass is 9.96. The number of rotatable bonds is 4. The van der Waals surface area contributed by atoms with Crippen molar-refractivity contribution < 1.29 is 22.0 Å². The minimum absolute atomic E-state index is 0.118. The van der Waals surface area contributed by atoms with Gasteiger partial charge in [-0.05, 0) is 31.0 Å². The van der Waals surface area contributed by atoms with Crippen LogP contribution in [-0.4, -0.2) is 43.6 Å². The first-order valence-electron chi connectivity index (χ1n) is 10.2. The van der Waals surface area contributed by atoms with Gasteiger partial charge in [0.25, 0.3) is 5.91 Å². The minimum Gasteiger partial charge on any atom is -0.451 e. The van der Waals surface area contributed by atoms with Crippen molar-refractivity contribution in [3.8, 4) is 0 Å². The number of carbonyl (C=O) groups is 1. The van der Waals surface area contributed by atoms with Crippen molar-refractivity contribution in [2.45, 2.75) is 24.5 Å². The number of para-hydroxylation sites is 3. The maximum atomic E-state index is 13.3. The molecule has 0 bridgehead atoms. The average Bonchev–Trinajstić information content (AvgIpc) is 3.34. The van der Waals surface area contributed by atoms with Crippen molar-refractivity contribution in [2.24, 2.45) is 0 Å². The molecular weight excluding hydrogens is 416 g/mol. The van der Waals surface area contributed by atoms with Crippen molar-refractivity contribution in [3.63, 3.8) is 0 Å². The Morgan fingerprint density at radius 3 is 2.42 bits per heavy atom. The zero-order valence-electron chi connectivity index (χ0n) is 17.1. The molecule has 0 aliphatic carbocycles. The van der Waals surface area contributed by atoms with Gasteiger partial charge in [-0.15, -0.1) is 0 Å². The molecule has 0 spiro atoms. The van der Waals surface area contributed by atoms with Crippen molar-refractivity contribution in [2.75, 3.05) is 19.3 Å². The SMILES string of the molecule is CS(=O)(=O)Cc1c(C(=O)N2CCC(c3nc4ccccc4o3)CC2)oc2ccccc12. The van der Waals surface area contributed by atoms with E-state index in [1.54, 1.807) is 23.1 Å². The van der Waals surface area contributed by atoms with Gasteiger partial charge in [-0.3, -0.25) is 4.79 Å². The lowest BCUT2D eigenvalue weighted by molar-refractivity contribution is 0.0676. The molecule has 8 heteroatoms. The highest BCUT2D eigenvalue weighted by Crippen LogP contribution is 2.33. The van der Waals surface area contributed by atoms with Gasteiger partial charge in [0, 0.05) is 36.2 Å². The topological polar surface area (TPSA) is 93.6 Å². The molecule has 160 valence electrons. The number of oxazole rings is 1. The molecule has 0 atom stereocenters. The van der Waals surface area contributed by atoms with Crippen LogP contribution in [-0.2, 0) is 15.6 Å². The number of hydrogen-bond acceptors (Lipinski definition) is 6. The number of piperidine rings is 1. The number of aromatic nitrogens is 1. The van der Waals surface area contributed by atoms with Crippen LogP contribution in [0.25, 0.3) is 22.1 Å². The van der Waals surface area contributed by atoms with E-state index in [9.17, 15) is 13.2 Å². The molecule has 31 heavy (non-hydrogen) atoms. The number of hydrogen-bond donors (Lipinski definition) is 0. The maximum absolute atomic E-state index is 13.3. The van der Waals surface area contributed by atoms with E-state index in [-0.39, 0.29) is 23.3 Å². The maximum Gasteiger partial charge on any atom is 0.289 e. The summed E-state index contributed by atoms with van der Waals surface area (Å²) in [5.41, 5.74) is 2.56. The first-order chi connectivity index (χ1) is 14.9. The smallest absolute Gasteiger partial charge is 0.289 e. The molecule has 5 rings (SSSR count). The molecule has 1 aliphatic rings. The van der Waals surface area contributed by atoms with Crippen LogP contribution in [0.2, 0.25) is 0 Å². The van der Waals surface area contributed by atoms with Gasteiger partial charge in [0.05, 0.1) is 5.75 Å².